The average Bonchev–Trinajstić information content (AvgIpc) is 3.08. The SMILES string of the molecule is Cc1ccc2c(c1)c1c(n2/C(=C(/F)c2ccccc2)c2ccccc2)CCN(C)C1. The van der Waals surface area contributed by atoms with Crippen molar-refractivity contribution in [3.05, 3.63) is 107 Å². The molecule has 150 valence electrons. The summed E-state index contributed by atoms with van der Waals surface area (Å²) in [5.41, 5.74) is 6.96. The van der Waals surface area contributed by atoms with E-state index in [1.807, 2.05) is 60.7 Å². The van der Waals surface area contributed by atoms with Crippen LogP contribution in [0.15, 0.2) is 78.9 Å². The van der Waals surface area contributed by atoms with Crippen molar-refractivity contribution in [1.82, 2.24) is 9.47 Å². The van der Waals surface area contributed by atoms with Gasteiger partial charge in [-0.15, -0.1) is 0 Å². The zero-order chi connectivity index (χ0) is 20.7. The van der Waals surface area contributed by atoms with Gasteiger partial charge in [0.25, 0.3) is 0 Å². The van der Waals surface area contributed by atoms with E-state index in [0.29, 0.717) is 11.3 Å². The summed E-state index contributed by atoms with van der Waals surface area (Å²) in [6.45, 7) is 3.98. The molecule has 3 aromatic carbocycles. The summed E-state index contributed by atoms with van der Waals surface area (Å²) in [6.07, 6.45) is 0.901. The minimum atomic E-state index is -0.194. The lowest BCUT2D eigenvalue weighted by molar-refractivity contribution is 0.311. The predicted octanol–water partition coefficient (Wildman–Crippen LogP) is 6.28. The Morgan fingerprint density at radius 3 is 2.23 bits per heavy atom. The van der Waals surface area contributed by atoms with Crippen LogP contribution in [0, 0.1) is 6.92 Å². The fourth-order valence-corrected chi connectivity index (χ4v) is 4.53. The lowest BCUT2D eigenvalue weighted by Gasteiger charge is -2.25. The number of aryl methyl sites for hydroxylation is 1. The van der Waals surface area contributed by atoms with Gasteiger partial charge >= 0.3 is 0 Å². The van der Waals surface area contributed by atoms with Crippen LogP contribution in [0.2, 0.25) is 0 Å². The minimum absolute atomic E-state index is 0.194. The third kappa shape index (κ3) is 3.16. The molecule has 0 radical (unpaired) electrons. The number of hydrogen-bond donors (Lipinski definition) is 0. The molecule has 0 aliphatic carbocycles. The van der Waals surface area contributed by atoms with Gasteiger partial charge in [-0.1, -0.05) is 72.3 Å². The minimum Gasteiger partial charge on any atom is -0.310 e. The van der Waals surface area contributed by atoms with E-state index in [4.69, 9.17) is 0 Å². The van der Waals surface area contributed by atoms with Crippen LogP contribution < -0.4 is 0 Å². The molecule has 1 aromatic heterocycles. The van der Waals surface area contributed by atoms with Gasteiger partial charge in [0, 0.05) is 41.7 Å². The second-order valence-electron chi connectivity index (χ2n) is 8.16. The number of fused-ring (bicyclic) bond motifs is 3. The first-order valence-electron chi connectivity index (χ1n) is 10.5. The maximum atomic E-state index is 16.2. The van der Waals surface area contributed by atoms with Gasteiger partial charge in [-0.2, -0.15) is 0 Å². The van der Waals surface area contributed by atoms with Gasteiger partial charge in [-0.3, -0.25) is 0 Å². The van der Waals surface area contributed by atoms with Gasteiger partial charge < -0.3 is 9.47 Å². The standard InChI is InChI=1S/C27H25FN2/c1-19-13-14-24-22(17-19)23-18-29(2)16-15-25(23)30(24)27(21-11-7-4-8-12-21)26(28)20-9-5-3-6-10-20/h3-14,17H,15-16,18H2,1-2H3/b27-26+. The van der Waals surface area contributed by atoms with Crippen molar-refractivity contribution in [3.63, 3.8) is 0 Å². The molecule has 0 atom stereocenters. The van der Waals surface area contributed by atoms with Crippen molar-refractivity contribution < 1.29 is 4.39 Å². The highest BCUT2D eigenvalue weighted by Gasteiger charge is 2.26. The number of halogens is 1. The first kappa shape index (κ1) is 18.8. The second-order valence-corrected chi connectivity index (χ2v) is 8.16. The molecule has 4 aromatic rings. The van der Waals surface area contributed by atoms with E-state index in [0.717, 1.165) is 30.6 Å². The molecule has 1 aliphatic rings. The van der Waals surface area contributed by atoms with Crippen molar-refractivity contribution in [2.24, 2.45) is 0 Å². The van der Waals surface area contributed by atoms with Gasteiger partial charge in [0.1, 0.15) is 0 Å². The van der Waals surface area contributed by atoms with Crippen LogP contribution >= 0.6 is 0 Å². The van der Waals surface area contributed by atoms with Crippen molar-refractivity contribution in [2.75, 3.05) is 13.6 Å². The van der Waals surface area contributed by atoms with Crippen LogP contribution in [-0.2, 0) is 13.0 Å². The van der Waals surface area contributed by atoms with Crippen LogP contribution in [0.25, 0.3) is 22.4 Å². The highest BCUT2D eigenvalue weighted by molar-refractivity contribution is 5.96. The van der Waals surface area contributed by atoms with Crippen molar-refractivity contribution >= 4 is 22.4 Å². The third-order valence-electron chi connectivity index (χ3n) is 6.00. The van der Waals surface area contributed by atoms with Crippen LogP contribution in [0.4, 0.5) is 4.39 Å². The maximum absolute atomic E-state index is 16.2. The second kappa shape index (κ2) is 7.58. The first-order valence-corrected chi connectivity index (χ1v) is 10.5. The molecule has 2 nitrogen and oxygen atoms in total. The summed E-state index contributed by atoms with van der Waals surface area (Å²) in [4.78, 5) is 2.34. The summed E-state index contributed by atoms with van der Waals surface area (Å²) < 4.78 is 18.3. The van der Waals surface area contributed by atoms with E-state index in [-0.39, 0.29) is 5.83 Å². The van der Waals surface area contributed by atoms with E-state index in [9.17, 15) is 0 Å². The Labute approximate surface area is 176 Å². The smallest absolute Gasteiger partial charge is 0.155 e. The van der Waals surface area contributed by atoms with E-state index in [2.05, 4.69) is 41.6 Å². The fourth-order valence-electron chi connectivity index (χ4n) is 4.53. The molecule has 2 heterocycles. The van der Waals surface area contributed by atoms with Crippen molar-refractivity contribution in [3.8, 4) is 0 Å². The predicted molar refractivity (Wildman–Crippen MR) is 123 cm³/mol. The number of hydrogen-bond acceptors (Lipinski definition) is 1. The molecule has 0 saturated carbocycles. The normalized spacial score (nSPS) is 15.2. The molecule has 1 aliphatic heterocycles. The zero-order valence-corrected chi connectivity index (χ0v) is 17.4. The molecular formula is C27H25FN2. The van der Waals surface area contributed by atoms with Crippen LogP contribution in [-0.4, -0.2) is 23.1 Å². The van der Waals surface area contributed by atoms with Gasteiger partial charge in [-0.25, -0.2) is 4.39 Å². The molecular weight excluding hydrogens is 371 g/mol. The van der Waals surface area contributed by atoms with Crippen LogP contribution in [0.3, 0.4) is 0 Å². The lowest BCUT2D eigenvalue weighted by Crippen LogP contribution is -2.27. The van der Waals surface area contributed by atoms with Gasteiger partial charge in [-0.05, 0) is 31.7 Å². The molecule has 0 unspecified atom stereocenters. The number of aromatic nitrogens is 1. The summed E-state index contributed by atoms with van der Waals surface area (Å²) in [5, 5.41) is 1.23. The van der Waals surface area contributed by atoms with Gasteiger partial charge in [0.2, 0.25) is 0 Å². The van der Waals surface area contributed by atoms with E-state index < -0.39 is 0 Å². The highest BCUT2D eigenvalue weighted by Crippen LogP contribution is 2.38. The zero-order valence-electron chi connectivity index (χ0n) is 17.4. The molecule has 30 heavy (non-hydrogen) atoms. The van der Waals surface area contributed by atoms with E-state index in [1.54, 1.807) is 0 Å². The van der Waals surface area contributed by atoms with Gasteiger partial charge in [0.05, 0.1) is 11.2 Å². The molecule has 0 fully saturated rings. The number of likely N-dealkylation sites (N-methyl/N-ethyl adjacent to an activating group) is 1. The molecule has 5 rings (SSSR count). The Balaban J connectivity index is 1.88. The fraction of sp³-hybridized carbons (Fsp3) is 0.185. The van der Waals surface area contributed by atoms with E-state index in [1.165, 1.54) is 22.2 Å². The Hall–Kier alpha value is -3.17. The quantitative estimate of drug-likeness (QED) is 0.370. The molecule has 0 N–H and O–H groups in total. The Morgan fingerprint density at radius 2 is 1.53 bits per heavy atom. The Kier molecular flexibility index (Phi) is 4.76. The highest BCUT2D eigenvalue weighted by atomic mass is 19.1. The maximum Gasteiger partial charge on any atom is 0.155 e. The van der Waals surface area contributed by atoms with Crippen molar-refractivity contribution in [1.29, 1.82) is 0 Å². The van der Waals surface area contributed by atoms with Crippen LogP contribution in [0.5, 0.6) is 0 Å². The molecule has 0 amide bonds. The molecule has 0 bridgehead atoms. The summed E-state index contributed by atoms with van der Waals surface area (Å²) in [6, 6.07) is 25.8. The molecule has 0 saturated heterocycles. The van der Waals surface area contributed by atoms with Crippen molar-refractivity contribution in [2.45, 2.75) is 19.9 Å². The summed E-state index contributed by atoms with van der Waals surface area (Å²) in [5.74, 6) is -0.194. The first-order chi connectivity index (χ1) is 14.6. The van der Waals surface area contributed by atoms with E-state index >= 15 is 4.39 Å². The number of nitrogens with zero attached hydrogens (tertiary/aromatic N) is 2. The third-order valence-corrected chi connectivity index (χ3v) is 6.00. The molecule has 0 spiro atoms. The summed E-state index contributed by atoms with van der Waals surface area (Å²) >= 11 is 0. The number of benzene rings is 3. The van der Waals surface area contributed by atoms with Crippen LogP contribution in [0.1, 0.15) is 27.9 Å². The van der Waals surface area contributed by atoms with Gasteiger partial charge in [0.15, 0.2) is 5.83 Å². The monoisotopic (exact) mass is 396 g/mol. The summed E-state index contributed by atoms with van der Waals surface area (Å²) in [7, 11) is 2.15. The number of rotatable bonds is 3. The largest absolute Gasteiger partial charge is 0.310 e. The Bertz CT molecular complexity index is 1240. The average molecular weight is 397 g/mol. The topological polar surface area (TPSA) is 8.17 Å². The molecule has 3 heteroatoms. The lowest BCUT2D eigenvalue weighted by atomic mass is 10.0. The Morgan fingerprint density at radius 1 is 0.867 bits per heavy atom.